The molecule has 0 unspecified atom stereocenters. The van der Waals surface area contributed by atoms with Gasteiger partial charge in [-0.05, 0) is 37.6 Å². The van der Waals surface area contributed by atoms with Crippen LogP contribution in [0.4, 0.5) is 0 Å². The SMILES string of the molecule is CN1CC2(CN(Cc3ccncc3)C2)OC[C@@H]1C(=O)N1CCCCO1. The van der Waals surface area contributed by atoms with Crippen molar-refractivity contribution in [3.05, 3.63) is 30.1 Å². The molecule has 0 aromatic carbocycles. The molecule has 4 heterocycles. The van der Waals surface area contributed by atoms with E-state index in [0.717, 1.165) is 39.0 Å². The third-order valence-corrected chi connectivity index (χ3v) is 5.33. The Balaban J connectivity index is 1.29. The Morgan fingerprint density at radius 1 is 1.28 bits per heavy atom. The highest BCUT2D eigenvalue weighted by Crippen LogP contribution is 2.32. The van der Waals surface area contributed by atoms with Crippen molar-refractivity contribution in [3.8, 4) is 0 Å². The number of hydrogen-bond donors (Lipinski definition) is 0. The normalized spacial score (nSPS) is 27.2. The van der Waals surface area contributed by atoms with E-state index < -0.39 is 0 Å². The first kappa shape index (κ1) is 16.9. The summed E-state index contributed by atoms with van der Waals surface area (Å²) in [6.45, 7) is 5.27. The average Bonchev–Trinajstić information content (AvgIpc) is 2.62. The Morgan fingerprint density at radius 3 is 2.76 bits per heavy atom. The van der Waals surface area contributed by atoms with Gasteiger partial charge in [-0.25, -0.2) is 5.06 Å². The van der Waals surface area contributed by atoms with Crippen LogP contribution in [-0.2, 0) is 20.9 Å². The van der Waals surface area contributed by atoms with E-state index in [1.165, 1.54) is 10.6 Å². The van der Waals surface area contributed by atoms with Crippen molar-refractivity contribution in [2.24, 2.45) is 0 Å². The van der Waals surface area contributed by atoms with Gasteiger partial charge in [-0.3, -0.25) is 24.4 Å². The van der Waals surface area contributed by atoms with Crippen molar-refractivity contribution >= 4 is 5.91 Å². The molecule has 0 aliphatic carbocycles. The number of likely N-dealkylation sites (tertiary alicyclic amines) is 1. The number of carbonyl (C=O) groups is 1. The zero-order chi connectivity index (χ0) is 17.3. The summed E-state index contributed by atoms with van der Waals surface area (Å²) in [5.74, 6) is 0.0324. The molecular formula is C18H26N4O3. The number of likely N-dealkylation sites (N-methyl/N-ethyl adjacent to an activating group) is 1. The first-order valence-electron chi connectivity index (χ1n) is 9.05. The molecule has 3 saturated heterocycles. The summed E-state index contributed by atoms with van der Waals surface area (Å²) in [6.07, 6.45) is 5.69. The molecule has 1 atom stereocenters. The van der Waals surface area contributed by atoms with Gasteiger partial charge in [0, 0.05) is 45.1 Å². The van der Waals surface area contributed by atoms with Crippen LogP contribution in [0.3, 0.4) is 0 Å². The maximum atomic E-state index is 12.6. The van der Waals surface area contributed by atoms with Crippen molar-refractivity contribution in [1.29, 1.82) is 0 Å². The van der Waals surface area contributed by atoms with E-state index in [4.69, 9.17) is 9.57 Å². The molecule has 4 rings (SSSR count). The van der Waals surface area contributed by atoms with Crippen molar-refractivity contribution in [2.75, 3.05) is 46.4 Å². The number of rotatable bonds is 3. The maximum absolute atomic E-state index is 12.6. The van der Waals surface area contributed by atoms with E-state index >= 15 is 0 Å². The largest absolute Gasteiger partial charge is 0.369 e. The van der Waals surface area contributed by atoms with Gasteiger partial charge < -0.3 is 4.74 Å². The van der Waals surface area contributed by atoms with Crippen LogP contribution in [0.2, 0.25) is 0 Å². The second kappa shape index (κ2) is 6.99. The molecule has 1 aromatic heterocycles. The second-order valence-corrected chi connectivity index (χ2v) is 7.41. The van der Waals surface area contributed by atoms with E-state index in [1.807, 2.05) is 31.6 Å². The molecule has 0 saturated carbocycles. The molecular weight excluding hydrogens is 320 g/mol. The van der Waals surface area contributed by atoms with E-state index in [0.29, 0.717) is 19.8 Å². The fourth-order valence-corrected chi connectivity index (χ4v) is 4.01. The van der Waals surface area contributed by atoms with E-state index in [2.05, 4.69) is 14.8 Å². The van der Waals surface area contributed by atoms with Crippen LogP contribution >= 0.6 is 0 Å². The maximum Gasteiger partial charge on any atom is 0.265 e. The summed E-state index contributed by atoms with van der Waals surface area (Å²) in [5, 5.41) is 1.53. The van der Waals surface area contributed by atoms with Gasteiger partial charge >= 0.3 is 0 Å². The molecule has 136 valence electrons. The molecule has 1 spiro atoms. The van der Waals surface area contributed by atoms with Gasteiger partial charge in [0.2, 0.25) is 0 Å². The third kappa shape index (κ3) is 3.55. The zero-order valence-electron chi connectivity index (χ0n) is 14.8. The van der Waals surface area contributed by atoms with E-state index in [-0.39, 0.29) is 17.6 Å². The van der Waals surface area contributed by atoms with Crippen LogP contribution in [0.25, 0.3) is 0 Å². The Bertz CT molecular complexity index is 600. The highest BCUT2D eigenvalue weighted by Gasteiger charge is 2.50. The number of ether oxygens (including phenoxy) is 1. The van der Waals surface area contributed by atoms with Crippen LogP contribution in [0.5, 0.6) is 0 Å². The number of pyridine rings is 1. The number of nitrogens with zero attached hydrogens (tertiary/aromatic N) is 4. The Morgan fingerprint density at radius 2 is 2.08 bits per heavy atom. The first-order valence-corrected chi connectivity index (χ1v) is 9.05. The average molecular weight is 346 g/mol. The summed E-state index contributed by atoms with van der Waals surface area (Å²) < 4.78 is 6.17. The number of hydrogen-bond acceptors (Lipinski definition) is 6. The predicted octanol–water partition coefficient (Wildman–Crippen LogP) is 0.521. The molecule has 0 radical (unpaired) electrons. The molecule has 3 aliphatic rings. The second-order valence-electron chi connectivity index (χ2n) is 7.41. The molecule has 1 amide bonds. The van der Waals surface area contributed by atoms with Crippen LogP contribution in [0.15, 0.2) is 24.5 Å². The number of carbonyl (C=O) groups excluding carboxylic acids is 1. The number of amides is 1. The zero-order valence-corrected chi connectivity index (χ0v) is 14.8. The third-order valence-electron chi connectivity index (χ3n) is 5.33. The van der Waals surface area contributed by atoms with Gasteiger partial charge in [0.1, 0.15) is 11.6 Å². The topological polar surface area (TPSA) is 58.1 Å². The standard InChI is InChI=1S/C18H26N4O3/c1-20-12-18(13-21(14-18)10-15-4-6-19-7-5-15)24-11-16(20)17(23)22-8-2-3-9-25-22/h4-7,16H,2-3,8-14H2,1H3/t16-/m1/s1. The van der Waals surface area contributed by atoms with Crippen molar-refractivity contribution < 1.29 is 14.4 Å². The molecule has 7 heteroatoms. The van der Waals surface area contributed by atoms with Crippen LogP contribution in [0.1, 0.15) is 18.4 Å². The molecule has 7 nitrogen and oxygen atoms in total. The van der Waals surface area contributed by atoms with Crippen molar-refractivity contribution in [2.45, 2.75) is 31.0 Å². The van der Waals surface area contributed by atoms with Gasteiger partial charge in [0.25, 0.3) is 5.91 Å². The summed E-state index contributed by atoms with van der Waals surface area (Å²) in [4.78, 5) is 26.7. The fraction of sp³-hybridized carbons (Fsp3) is 0.667. The molecule has 0 N–H and O–H groups in total. The van der Waals surface area contributed by atoms with Gasteiger partial charge in [0.05, 0.1) is 13.2 Å². The summed E-state index contributed by atoms with van der Waals surface area (Å²) in [7, 11) is 2.02. The number of hydroxylamine groups is 2. The highest BCUT2D eigenvalue weighted by atomic mass is 16.7. The quantitative estimate of drug-likeness (QED) is 0.795. The van der Waals surface area contributed by atoms with E-state index in [9.17, 15) is 4.79 Å². The van der Waals surface area contributed by atoms with E-state index in [1.54, 1.807) is 0 Å². The summed E-state index contributed by atoms with van der Waals surface area (Å²) in [6, 6.07) is 3.86. The molecule has 3 aliphatic heterocycles. The highest BCUT2D eigenvalue weighted by molar-refractivity contribution is 5.81. The molecule has 1 aromatic rings. The van der Waals surface area contributed by atoms with Gasteiger partial charge in [0.15, 0.2) is 0 Å². The van der Waals surface area contributed by atoms with Crippen molar-refractivity contribution in [1.82, 2.24) is 19.8 Å². The lowest BCUT2D eigenvalue weighted by Gasteiger charge is -2.55. The van der Waals surface area contributed by atoms with Crippen LogP contribution < -0.4 is 0 Å². The Hall–Kier alpha value is -1.54. The Kier molecular flexibility index (Phi) is 4.73. The molecule has 3 fully saturated rings. The minimum atomic E-state index is -0.238. The van der Waals surface area contributed by atoms with Gasteiger partial charge in [-0.1, -0.05) is 0 Å². The monoisotopic (exact) mass is 346 g/mol. The minimum Gasteiger partial charge on any atom is -0.369 e. The lowest BCUT2D eigenvalue weighted by molar-refractivity contribution is -0.224. The van der Waals surface area contributed by atoms with Crippen molar-refractivity contribution in [3.63, 3.8) is 0 Å². The number of morpholine rings is 1. The predicted molar refractivity (Wildman–Crippen MR) is 91.5 cm³/mol. The lowest BCUT2D eigenvalue weighted by Crippen LogP contribution is -2.72. The smallest absolute Gasteiger partial charge is 0.265 e. The van der Waals surface area contributed by atoms with Gasteiger partial charge in [-0.15, -0.1) is 0 Å². The first-order chi connectivity index (χ1) is 12.2. The Labute approximate surface area is 148 Å². The summed E-state index contributed by atoms with van der Waals surface area (Å²) >= 11 is 0. The summed E-state index contributed by atoms with van der Waals surface area (Å²) in [5.41, 5.74) is 1.13. The molecule has 0 bridgehead atoms. The van der Waals surface area contributed by atoms with Gasteiger partial charge in [-0.2, -0.15) is 0 Å². The molecule has 25 heavy (non-hydrogen) atoms. The van der Waals surface area contributed by atoms with Crippen LogP contribution in [0, 0.1) is 0 Å². The number of aromatic nitrogens is 1. The lowest BCUT2D eigenvalue weighted by atomic mass is 9.90. The van der Waals surface area contributed by atoms with Crippen LogP contribution in [-0.4, -0.2) is 83.8 Å². The minimum absolute atomic E-state index is 0.0324. The fourth-order valence-electron chi connectivity index (χ4n) is 4.01.